The predicted octanol–water partition coefficient (Wildman–Crippen LogP) is 3.86. The van der Waals surface area contributed by atoms with Crippen LogP contribution in [-0.2, 0) is 46.4 Å². The maximum atomic E-state index is 13.9. The Morgan fingerprint density at radius 2 is 1.65 bits per heavy atom. The van der Waals surface area contributed by atoms with Crippen molar-refractivity contribution >= 4 is 27.4 Å². The Kier molecular flexibility index (Phi) is 14.5. The Balaban J connectivity index is 0.000000226. The summed E-state index contributed by atoms with van der Waals surface area (Å²) >= 11 is 0. The van der Waals surface area contributed by atoms with Gasteiger partial charge in [-0.25, -0.2) is 18.2 Å². The van der Waals surface area contributed by atoms with Gasteiger partial charge in [0.1, 0.15) is 29.5 Å². The molecule has 19 nitrogen and oxygen atoms in total. The van der Waals surface area contributed by atoms with Crippen LogP contribution in [0.1, 0.15) is 80.1 Å². The number of aliphatic hydroxyl groups is 3. The second kappa shape index (κ2) is 20.1. The lowest BCUT2D eigenvalue weighted by atomic mass is 9.72. The number of ketones is 3. The number of primary sulfonamides is 1. The molecular formula is C49H51F3N4O15S. The lowest BCUT2D eigenvalue weighted by Crippen LogP contribution is -2.59. The van der Waals surface area contributed by atoms with Crippen LogP contribution in [0.2, 0.25) is 0 Å². The second-order valence-electron chi connectivity index (χ2n) is 17.8. The number of halogens is 3. The average Bonchev–Trinajstić information content (AvgIpc) is 3.82. The lowest BCUT2D eigenvalue weighted by Gasteiger charge is -2.47. The first-order valence-electron chi connectivity index (χ1n) is 22.5. The monoisotopic (exact) mass is 1020 g/mol. The van der Waals surface area contributed by atoms with E-state index in [0.29, 0.717) is 25.3 Å². The topological polar surface area (TPSA) is 280 Å². The van der Waals surface area contributed by atoms with Crippen LogP contribution in [-0.4, -0.2) is 143 Å². The molecule has 2 fully saturated rings. The van der Waals surface area contributed by atoms with E-state index in [0.717, 1.165) is 16.3 Å². The molecule has 2 saturated heterocycles. The molecule has 4 aromatic carbocycles. The van der Waals surface area contributed by atoms with Gasteiger partial charge in [0.15, 0.2) is 29.8 Å². The zero-order valence-corrected chi connectivity index (χ0v) is 39.9. The summed E-state index contributed by atoms with van der Waals surface area (Å²) in [5, 5.41) is 64.2. The van der Waals surface area contributed by atoms with Gasteiger partial charge in [-0.3, -0.25) is 19.3 Å². The quantitative estimate of drug-likeness (QED) is 0.106. The van der Waals surface area contributed by atoms with Crippen molar-refractivity contribution in [3.05, 3.63) is 117 Å². The number of carbonyl (C=O) groups excluding carboxylic acids is 3. The molecule has 23 heteroatoms. The molecule has 0 bridgehead atoms. The van der Waals surface area contributed by atoms with Crippen molar-refractivity contribution in [2.45, 2.75) is 86.7 Å². The van der Waals surface area contributed by atoms with Crippen LogP contribution in [0.3, 0.4) is 0 Å². The summed E-state index contributed by atoms with van der Waals surface area (Å²) in [5.41, 5.74) is -2.62. The molecular weight excluding hydrogens is 974 g/mol. The summed E-state index contributed by atoms with van der Waals surface area (Å²) in [6.45, 7) is 3.75. The van der Waals surface area contributed by atoms with E-state index in [4.69, 9.17) is 28.8 Å². The number of benzene rings is 4. The molecule has 7 atom stereocenters. The number of aryl methyl sites for hydroxylation is 1. The van der Waals surface area contributed by atoms with Crippen LogP contribution in [0.4, 0.5) is 13.2 Å². The van der Waals surface area contributed by atoms with E-state index in [2.05, 4.69) is 5.10 Å². The van der Waals surface area contributed by atoms with Crippen molar-refractivity contribution in [1.29, 1.82) is 0 Å². The van der Waals surface area contributed by atoms with Gasteiger partial charge in [0, 0.05) is 67.8 Å². The summed E-state index contributed by atoms with van der Waals surface area (Å²) in [6, 6.07) is 17.0. The van der Waals surface area contributed by atoms with Gasteiger partial charge in [0.05, 0.1) is 65.0 Å². The van der Waals surface area contributed by atoms with Gasteiger partial charge in [-0.15, -0.1) is 0 Å². The van der Waals surface area contributed by atoms with Crippen LogP contribution in [0.5, 0.6) is 17.2 Å². The summed E-state index contributed by atoms with van der Waals surface area (Å²) in [4.78, 5) is 42.3. The SMILES string of the molecule is COc1cccc2c1C(=O)c1c(O)c3c(c(O)c1C2=O)C[C@@](O)(C(=O)CO)C[C@@H]3O[C@H]1C[C@H](N2CCO[C@H](OC)C2)[C@H](O)[C@H](C)O1.Cc1ccc(-c2cc(C(F)(F)F)nn2-c2ccc(S(N)(=O)=O)cc2)cc1. The third kappa shape index (κ3) is 9.88. The number of aliphatic hydroxyl groups excluding tert-OH is 2. The maximum Gasteiger partial charge on any atom is 0.435 e. The van der Waals surface area contributed by atoms with Crippen LogP contribution in [0.25, 0.3) is 16.9 Å². The molecule has 0 amide bonds. The molecule has 0 saturated carbocycles. The Morgan fingerprint density at radius 1 is 0.972 bits per heavy atom. The van der Waals surface area contributed by atoms with E-state index in [-0.39, 0.29) is 50.7 Å². The number of nitrogens with zero attached hydrogens (tertiary/aromatic N) is 3. The minimum atomic E-state index is -4.61. The molecule has 5 aromatic rings. The number of sulfonamides is 1. The van der Waals surface area contributed by atoms with Crippen LogP contribution < -0.4 is 9.88 Å². The van der Waals surface area contributed by atoms with E-state index in [1.807, 2.05) is 11.8 Å². The van der Waals surface area contributed by atoms with Crippen molar-refractivity contribution in [2.75, 3.05) is 40.5 Å². The largest absolute Gasteiger partial charge is 0.507 e. The van der Waals surface area contributed by atoms with Gasteiger partial charge in [-0.1, -0.05) is 42.0 Å². The highest BCUT2D eigenvalue weighted by Gasteiger charge is 2.51. The number of Topliss-reactive ketones (excluding diaryl/α,β-unsaturated/α-hetero) is 1. The molecule has 4 aliphatic rings. The number of alkyl halides is 3. The molecule has 72 heavy (non-hydrogen) atoms. The molecule has 3 heterocycles. The number of fused-ring (bicyclic) bond motifs is 3. The molecule has 1 aromatic heterocycles. The fourth-order valence-electron chi connectivity index (χ4n) is 9.56. The number of aromatic hydroxyl groups is 2. The van der Waals surface area contributed by atoms with Gasteiger partial charge in [-0.2, -0.15) is 18.3 Å². The highest BCUT2D eigenvalue weighted by atomic mass is 32.2. The standard InChI is InChI=1S/C32H37NO13.C17H14F3N3O2S/c1-14-27(36)17(33-7-8-44-22(12-33)43-3)9-21(45-14)46-19-11-32(41,20(35)13-34)10-16-24(19)31(40)26-25(29(16)38)28(37)15-5-4-6-18(42-2)23(15)30(26)39;1-11-2-4-12(5-3-11)15-10-16(17(18,19)20)22-23(15)13-6-8-14(9-7-13)26(21,24)25/h4-6,14,17,19,21-22,27,34,36,38,40-41H,7-13H2,1-3H3;2-10H,1H3,(H2,21,24,25)/t14-,17-,19-,21-,22-,27+,32-;/m0./s1. The van der Waals surface area contributed by atoms with Crippen molar-refractivity contribution in [2.24, 2.45) is 5.14 Å². The van der Waals surface area contributed by atoms with Crippen LogP contribution in [0.15, 0.2) is 77.7 Å². The number of carbonyl (C=O) groups is 3. The Hall–Kier alpha value is -6.12. The number of rotatable bonds is 10. The number of aromatic nitrogens is 2. The Morgan fingerprint density at radius 3 is 2.28 bits per heavy atom. The number of hydrogen-bond acceptors (Lipinski definition) is 17. The van der Waals surface area contributed by atoms with Crippen molar-refractivity contribution in [3.63, 3.8) is 0 Å². The average molecular weight is 1030 g/mol. The number of methoxy groups -OCH3 is 2. The first kappa shape index (κ1) is 52.2. The number of hydrogen-bond donors (Lipinski definition) is 6. The Bertz CT molecular complexity index is 3020. The first-order chi connectivity index (χ1) is 34.0. The molecule has 2 aliphatic heterocycles. The van der Waals surface area contributed by atoms with Gasteiger partial charge >= 0.3 is 6.18 Å². The minimum Gasteiger partial charge on any atom is -0.507 e. The Labute approximate surface area is 410 Å². The number of phenols is 2. The highest BCUT2D eigenvalue weighted by molar-refractivity contribution is 7.89. The molecule has 9 rings (SSSR count). The molecule has 7 N–H and O–H groups in total. The molecule has 2 aliphatic carbocycles. The van der Waals surface area contributed by atoms with Crippen molar-refractivity contribution in [3.8, 4) is 34.2 Å². The van der Waals surface area contributed by atoms with Gasteiger partial charge < -0.3 is 49.2 Å². The smallest absolute Gasteiger partial charge is 0.435 e. The van der Waals surface area contributed by atoms with Crippen LogP contribution in [0, 0.1) is 6.92 Å². The van der Waals surface area contributed by atoms with E-state index >= 15 is 0 Å². The third-order valence-corrected chi connectivity index (χ3v) is 14.2. The molecule has 0 radical (unpaired) electrons. The van der Waals surface area contributed by atoms with E-state index < -0.39 is 124 Å². The summed E-state index contributed by atoms with van der Waals surface area (Å²) in [5.74, 6) is -3.75. The van der Waals surface area contributed by atoms with Crippen LogP contribution >= 0.6 is 0 Å². The minimum absolute atomic E-state index is 0.0511. The van der Waals surface area contributed by atoms with Gasteiger partial charge in [0.2, 0.25) is 15.8 Å². The number of phenolic OH excluding ortho intramolecular Hbond substituents is 2. The van der Waals surface area contributed by atoms with E-state index in [9.17, 15) is 61.5 Å². The second-order valence-corrected chi connectivity index (χ2v) is 19.4. The summed E-state index contributed by atoms with van der Waals surface area (Å²) in [7, 11) is -1.05. The predicted molar refractivity (Wildman–Crippen MR) is 246 cm³/mol. The fourth-order valence-corrected chi connectivity index (χ4v) is 10.1. The van der Waals surface area contributed by atoms with Crippen molar-refractivity contribution in [1.82, 2.24) is 14.7 Å². The van der Waals surface area contributed by atoms with Gasteiger partial charge in [-0.05, 0) is 50.2 Å². The number of nitrogens with two attached hydrogens (primary N) is 1. The summed E-state index contributed by atoms with van der Waals surface area (Å²) in [6.07, 6.45) is -10.1. The van der Waals surface area contributed by atoms with E-state index in [1.54, 1.807) is 31.2 Å². The van der Waals surface area contributed by atoms with Crippen molar-refractivity contribution < 1.29 is 85.2 Å². The summed E-state index contributed by atoms with van der Waals surface area (Å²) < 4.78 is 91.7. The molecule has 384 valence electrons. The lowest BCUT2D eigenvalue weighted by molar-refractivity contribution is -0.266. The zero-order valence-electron chi connectivity index (χ0n) is 39.1. The normalized spacial score (nSPS) is 24.4. The first-order valence-corrected chi connectivity index (χ1v) is 24.0. The molecule has 0 unspecified atom stereocenters. The number of ether oxygens (including phenoxy) is 5. The molecule has 0 spiro atoms. The fraction of sp³-hybridized carbons (Fsp3) is 0.388. The zero-order chi connectivity index (χ0) is 52.2. The number of morpholine rings is 1. The third-order valence-electron chi connectivity index (χ3n) is 13.3. The maximum absolute atomic E-state index is 13.9. The highest BCUT2D eigenvalue weighted by Crippen LogP contribution is 2.53. The van der Waals surface area contributed by atoms with Gasteiger partial charge in [0.25, 0.3) is 0 Å². The van der Waals surface area contributed by atoms with E-state index in [1.165, 1.54) is 56.7 Å².